The minimum Gasteiger partial charge on any atom is -0.478 e. The van der Waals surface area contributed by atoms with Crippen LogP contribution < -0.4 is 15.4 Å². The van der Waals surface area contributed by atoms with E-state index in [1.165, 1.54) is 4.88 Å². The van der Waals surface area contributed by atoms with Crippen LogP contribution in [-0.2, 0) is 19.4 Å². The lowest BCUT2D eigenvalue weighted by atomic mass is 10.3. The van der Waals surface area contributed by atoms with E-state index in [4.69, 9.17) is 4.74 Å². The summed E-state index contributed by atoms with van der Waals surface area (Å²) in [5.74, 6) is 1.45. The first-order chi connectivity index (χ1) is 12.2. The fraction of sp³-hybridized carbons (Fsp3) is 0.500. The maximum atomic E-state index is 5.43. The Hall–Kier alpha value is -1.42. The summed E-state index contributed by atoms with van der Waals surface area (Å²) in [4.78, 5) is 14.6. The smallest absolute Gasteiger partial charge is 0.213 e. The second-order valence-electron chi connectivity index (χ2n) is 5.38. The van der Waals surface area contributed by atoms with Crippen molar-refractivity contribution < 1.29 is 4.74 Å². The van der Waals surface area contributed by atoms with Crippen molar-refractivity contribution in [2.24, 2.45) is 4.99 Å². The number of nitrogens with zero attached hydrogens (tertiary/aromatic N) is 3. The van der Waals surface area contributed by atoms with Crippen molar-refractivity contribution in [3.8, 4) is 5.88 Å². The normalized spacial score (nSPS) is 11.0. The molecule has 2 aromatic heterocycles. The molecular formula is C18H28IN5OS. The van der Waals surface area contributed by atoms with Gasteiger partial charge in [-0.15, -0.1) is 35.3 Å². The molecule has 0 amide bonds. The van der Waals surface area contributed by atoms with Crippen LogP contribution in [0.15, 0.2) is 29.5 Å². The van der Waals surface area contributed by atoms with Crippen molar-refractivity contribution >= 4 is 41.3 Å². The molecule has 0 spiro atoms. The summed E-state index contributed by atoms with van der Waals surface area (Å²) in [6, 6.07) is 3.88. The average Bonchev–Trinajstić information content (AvgIpc) is 3.08. The molecule has 2 aromatic rings. The third-order valence-electron chi connectivity index (χ3n) is 3.44. The van der Waals surface area contributed by atoms with Crippen molar-refractivity contribution in [2.75, 3.05) is 19.7 Å². The Morgan fingerprint density at radius 1 is 1.23 bits per heavy atom. The number of halogens is 1. The van der Waals surface area contributed by atoms with Crippen LogP contribution >= 0.6 is 35.3 Å². The molecule has 0 aromatic carbocycles. The number of rotatable bonds is 9. The van der Waals surface area contributed by atoms with E-state index in [1.54, 1.807) is 17.5 Å². The number of hydrogen-bond acceptors (Lipinski definition) is 5. The van der Waals surface area contributed by atoms with E-state index in [2.05, 4.69) is 39.4 Å². The number of pyridine rings is 1. The second-order valence-corrected chi connectivity index (χ2v) is 6.58. The van der Waals surface area contributed by atoms with Crippen molar-refractivity contribution in [3.05, 3.63) is 40.0 Å². The Balaban J connectivity index is 0.00000338. The van der Waals surface area contributed by atoms with Gasteiger partial charge in [-0.05, 0) is 31.9 Å². The van der Waals surface area contributed by atoms with Crippen LogP contribution in [0.2, 0.25) is 0 Å². The summed E-state index contributed by atoms with van der Waals surface area (Å²) in [5.41, 5.74) is 1.07. The summed E-state index contributed by atoms with van der Waals surface area (Å²) in [6.07, 6.45) is 5.67. The number of hydrogen-bond donors (Lipinski definition) is 2. The average molecular weight is 489 g/mol. The number of thiazole rings is 1. The molecule has 2 rings (SSSR count). The third kappa shape index (κ3) is 7.86. The summed E-state index contributed by atoms with van der Waals surface area (Å²) >= 11 is 1.78. The zero-order chi connectivity index (χ0) is 17.9. The van der Waals surface area contributed by atoms with Gasteiger partial charge in [0.2, 0.25) is 5.88 Å². The molecule has 0 saturated carbocycles. The van der Waals surface area contributed by atoms with E-state index in [0.29, 0.717) is 19.0 Å². The van der Waals surface area contributed by atoms with Gasteiger partial charge in [0.05, 0.1) is 18.2 Å². The molecule has 0 saturated heterocycles. The largest absolute Gasteiger partial charge is 0.478 e. The lowest BCUT2D eigenvalue weighted by Crippen LogP contribution is -2.38. The van der Waals surface area contributed by atoms with Crippen LogP contribution in [0.1, 0.15) is 36.2 Å². The lowest BCUT2D eigenvalue weighted by Gasteiger charge is -2.11. The molecule has 2 heterocycles. The standard InChI is InChI=1S/C18H27N5OS.HI/c1-4-15-13-22-17(25-15)8-10-21-18(19-5-2)23-12-14-7-9-20-16(11-14)24-6-3;/h7,9,11,13H,4-6,8,10,12H2,1-3H3,(H2,19,21,23);1H. The Bertz CT molecular complexity index is 677. The van der Waals surface area contributed by atoms with Crippen molar-refractivity contribution in [3.63, 3.8) is 0 Å². The highest BCUT2D eigenvalue weighted by atomic mass is 127. The molecule has 0 aliphatic heterocycles. The molecule has 0 atom stereocenters. The second kappa shape index (κ2) is 12.9. The first-order valence-corrected chi connectivity index (χ1v) is 9.60. The quantitative estimate of drug-likeness (QED) is 0.321. The first kappa shape index (κ1) is 22.6. The number of aryl methyl sites for hydroxylation is 1. The zero-order valence-electron chi connectivity index (χ0n) is 15.6. The fourth-order valence-corrected chi connectivity index (χ4v) is 3.06. The molecule has 0 radical (unpaired) electrons. The van der Waals surface area contributed by atoms with Crippen LogP contribution in [0.3, 0.4) is 0 Å². The van der Waals surface area contributed by atoms with Gasteiger partial charge in [-0.1, -0.05) is 6.92 Å². The predicted molar refractivity (Wildman–Crippen MR) is 119 cm³/mol. The van der Waals surface area contributed by atoms with Gasteiger partial charge in [0, 0.05) is 42.8 Å². The topological polar surface area (TPSA) is 71.4 Å². The van der Waals surface area contributed by atoms with Crippen LogP contribution in [0.25, 0.3) is 0 Å². The minimum absolute atomic E-state index is 0. The van der Waals surface area contributed by atoms with Gasteiger partial charge in [-0.2, -0.15) is 0 Å². The van der Waals surface area contributed by atoms with Crippen molar-refractivity contribution in [1.82, 2.24) is 20.6 Å². The Kier molecular flexibility index (Phi) is 11.2. The zero-order valence-corrected chi connectivity index (χ0v) is 18.8. The number of aromatic nitrogens is 2. The first-order valence-electron chi connectivity index (χ1n) is 8.78. The summed E-state index contributed by atoms with van der Waals surface area (Å²) in [6.45, 7) is 8.99. The predicted octanol–water partition coefficient (Wildman–Crippen LogP) is 3.42. The van der Waals surface area contributed by atoms with Crippen LogP contribution in [-0.4, -0.2) is 35.6 Å². The molecule has 0 fully saturated rings. The molecule has 0 unspecified atom stereocenters. The Morgan fingerprint density at radius 3 is 2.77 bits per heavy atom. The molecule has 0 aliphatic rings. The van der Waals surface area contributed by atoms with E-state index in [0.717, 1.165) is 42.5 Å². The Labute approximate surface area is 176 Å². The molecule has 144 valence electrons. The van der Waals surface area contributed by atoms with Gasteiger partial charge in [0.15, 0.2) is 5.96 Å². The van der Waals surface area contributed by atoms with Crippen molar-refractivity contribution in [1.29, 1.82) is 0 Å². The molecule has 0 bridgehead atoms. The van der Waals surface area contributed by atoms with Gasteiger partial charge in [0.1, 0.15) is 0 Å². The Morgan fingerprint density at radius 2 is 2.08 bits per heavy atom. The highest BCUT2D eigenvalue weighted by Gasteiger charge is 2.03. The van der Waals surface area contributed by atoms with Gasteiger partial charge >= 0.3 is 0 Å². The maximum Gasteiger partial charge on any atom is 0.213 e. The van der Waals surface area contributed by atoms with Crippen LogP contribution in [0.4, 0.5) is 0 Å². The highest BCUT2D eigenvalue weighted by molar-refractivity contribution is 14.0. The van der Waals surface area contributed by atoms with Crippen LogP contribution in [0.5, 0.6) is 5.88 Å². The van der Waals surface area contributed by atoms with Gasteiger partial charge in [-0.25, -0.2) is 15.0 Å². The summed E-state index contributed by atoms with van der Waals surface area (Å²) < 4.78 is 5.43. The molecule has 0 aliphatic carbocycles. The fourth-order valence-electron chi connectivity index (χ4n) is 2.20. The van der Waals surface area contributed by atoms with Crippen LogP contribution in [0, 0.1) is 0 Å². The molecule has 6 nitrogen and oxygen atoms in total. The SMILES string of the molecule is CCNC(=NCc1ccnc(OCC)c1)NCCc1ncc(CC)s1.I. The maximum absolute atomic E-state index is 5.43. The van der Waals surface area contributed by atoms with E-state index in [1.807, 2.05) is 25.3 Å². The minimum atomic E-state index is 0. The van der Waals surface area contributed by atoms with Gasteiger partial charge in [-0.3, -0.25) is 0 Å². The van der Waals surface area contributed by atoms with Gasteiger partial charge in [0.25, 0.3) is 0 Å². The molecule has 8 heteroatoms. The van der Waals surface area contributed by atoms with E-state index in [-0.39, 0.29) is 24.0 Å². The summed E-state index contributed by atoms with van der Waals surface area (Å²) in [5, 5.41) is 7.80. The highest BCUT2D eigenvalue weighted by Crippen LogP contribution is 2.13. The third-order valence-corrected chi connectivity index (χ3v) is 4.64. The number of aliphatic imine (C=N–C) groups is 1. The number of guanidine groups is 1. The van der Waals surface area contributed by atoms with Crippen molar-refractivity contribution in [2.45, 2.75) is 40.2 Å². The van der Waals surface area contributed by atoms with E-state index < -0.39 is 0 Å². The van der Waals surface area contributed by atoms with E-state index >= 15 is 0 Å². The van der Waals surface area contributed by atoms with Gasteiger partial charge < -0.3 is 15.4 Å². The monoisotopic (exact) mass is 489 g/mol. The molecule has 26 heavy (non-hydrogen) atoms. The molecule has 2 N–H and O–H groups in total. The van der Waals surface area contributed by atoms with E-state index in [9.17, 15) is 0 Å². The number of ether oxygens (including phenoxy) is 1. The summed E-state index contributed by atoms with van der Waals surface area (Å²) in [7, 11) is 0. The lowest BCUT2D eigenvalue weighted by molar-refractivity contribution is 0.326. The molecular weight excluding hydrogens is 461 g/mol. The number of nitrogens with one attached hydrogen (secondary N) is 2.